The van der Waals surface area contributed by atoms with Crippen LogP contribution in [0, 0.1) is 10.1 Å². The Balaban J connectivity index is 2.30. The summed E-state index contributed by atoms with van der Waals surface area (Å²) >= 11 is 0. The Hall–Kier alpha value is -2.57. The molecule has 0 saturated carbocycles. The molecule has 2 heterocycles. The van der Waals surface area contributed by atoms with E-state index in [2.05, 4.69) is 10.00 Å². The highest BCUT2D eigenvalue weighted by molar-refractivity contribution is 5.84. The number of fused-ring (bicyclic) bond motifs is 3. The van der Waals surface area contributed by atoms with Gasteiger partial charge in [-0.1, -0.05) is 0 Å². The van der Waals surface area contributed by atoms with Gasteiger partial charge < -0.3 is 9.64 Å². The largest absolute Gasteiger partial charge is 0.490 e. The van der Waals surface area contributed by atoms with Gasteiger partial charge in [-0.3, -0.25) is 14.8 Å². The number of likely N-dealkylation sites (N-methyl/N-ethyl adjacent to an activating group) is 1. The summed E-state index contributed by atoms with van der Waals surface area (Å²) in [5, 5.41) is 15.7. The van der Waals surface area contributed by atoms with Gasteiger partial charge in [-0.15, -0.1) is 0 Å². The molecule has 0 atom stereocenters. The lowest BCUT2D eigenvalue weighted by Gasteiger charge is -2.20. The first kappa shape index (κ1) is 13.4. The first-order chi connectivity index (χ1) is 10.0. The second-order valence-corrected chi connectivity index (χ2v) is 5.13. The van der Waals surface area contributed by atoms with Crippen molar-refractivity contribution in [1.82, 2.24) is 9.78 Å². The van der Waals surface area contributed by atoms with Crippen molar-refractivity contribution in [3.8, 4) is 16.9 Å². The van der Waals surface area contributed by atoms with E-state index in [0.717, 1.165) is 35.5 Å². The Kier molecular flexibility index (Phi) is 3.04. The Bertz CT molecular complexity index is 723. The summed E-state index contributed by atoms with van der Waals surface area (Å²) in [4.78, 5) is 12.9. The van der Waals surface area contributed by atoms with E-state index in [1.165, 1.54) is 7.11 Å². The van der Waals surface area contributed by atoms with Gasteiger partial charge in [0.25, 0.3) is 0 Å². The standard InChI is InChI=1S/C14H16N4O3/c1-16-5-4-11-10(8-17(2)15-11)9-6-13(18(19)20)14(21-3)7-12(9)16/h6-8H,4-5H2,1-3H3. The number of hydrogen-bond acceptors (Lipinski definition) is 5. The summed E-state index contributed by atoms with van der Waals surface area (Å²) in [6, 6.07) is 3.31. The summed E-state index contributed by atoms with van der Waals surface area (Å²) in [5.41, 5.74) is 3.63. The lowest BCUT2D eigenvalue weighted by molar-refractivity contribution is -0.385. The van der Waals surface area contributed by atoms with E-state index >= 15 is 0 Å². The van der Waals surface area contributed by atoms with Crippen LogP contribution in [0.3, 0.4) is 0 Å². The molecule has 21 heavy (non-hydrogen) atoms. The molecule has 0 saturated heterocycles. The SMILES string of the molecule is COc1cc2c(cc1[N+](=O)[O-])-c1cn(C)nc1CCN2C. The second kappa shape index (κ2) is 4.76. The smallest absolute Gasteiger partial charge is 0.311 e. The van der Waals surface area contributed by atoms with Gasteiger partial charge in [-0.2, -0.15) is 5.10 Å². The monoisotopic (exact) mass is 288 g/mol. The van der Waals surface area contributed by atoms with Crippen LogP contribution in [0.5, 0.6) is 5.75 Å². The van der Waals surface area contributed by atoms with Crippen LogP contribution >= 0.6 is 0 Å². The van der Waals surface area contributed by atoms with E-state index in [-0.39, 0.29) is 11.4 Å². The van der Waals surface area contributed by atoms with Crippen LogP contribution < -0.4 is 9.64 Å². The molecule has 7 nitrogen and oxygen atoms in total. The molecule has 1 aromatic carbocycles. The normalized spacial score (nSPS) is 13.4. The summed E-state index contributed by atoms with van der Waals surface area (Å²) in [7, 11) is 5.27. The van der Waals surface area contributed by atoms with Crippen LogP contribution in [-0.2, 0) is 13.5 Å². The van der Waals surface area contributed by atoms with Crippen molar-refractivity contribution in [1.29, 1.82) is 0 Å². The summed E-state index contributed by atoms with van der Waals surface area (Å²) in [5.74, 6) is 0.276. The van der Waals surface area contributed by atoms with E-state index in [1.807, 2.05) is 20.3 Å². The fourth-order valence-electron chi connectivity index (χ4n) is 2.73. The van der Waals surface area contributed by atoms with Crippen molar-refractivity contribution in [2.75, 3.05) is 25.6 Å². The maximum atomic E-state index is 11.2. The second-order valence-electron chi connectivity index (χ2n) is 5.13. The number of nitro groups is 1. The van der Waals surface area contributed by atoms with Gasteiger partial charge in [-0.05, 0) is 0 Å². The molecule has 0 bridgehead atoms. The third-order valence-corrected chi connectivity index (χ3v) is 3.78. The molecular formula is C14H16N4O3. The predicted molar refractivity (Wildman–Crippen MR) is 78.8 cm³/mol. The molecule has 3 rings (SSSR count). The number of nitro benzene ring substituents is 1. The van der Waals surface area contributed by atoms with E-state index < -0.39 is 4.92 Å². The van der Waals surface area contributed by atoms with Crippen LogP contribution in [-0.4, -0.2) is 35.4 Å². The fraction of sp³-hybridized carbons (Fsp3) is 0.357. The number of anilines is 1. The number of hydrogen-bond donors (Lipinski definition) is 0. The highest BCUT2D eigenvalue weighted by atomic mass is 16.6. The first-order valence-electron chi connectivity index (χ1n) is 6.61. The zero-order valence-corrected chi connectivity index (χ0v) is 12.2. The average molecular weight is 288 g/mol. The van der Waals surface area contributed by atoms with Gasteiger partial charge >= 0.3 is 5.69 Å². The van der Waals surface area contributed by atoms with Crippen molar-refractivity contribution >= 4 is 11.4 Å². The molecule has 0 radical (unpaired) electrons. The first-order valence-corrected chi connectivity index (χ1v) is 6.61. The Labute approximate surface area is 121 Å². The molecule has 1 aliphatic heterocycles. The van der Waals surface area contributed by atoms with Crippen LogP contribution in [0.2, 0.25) is 0 Å². The molecule has 110 valence electrons. The number of aromatic nitrogens is 2. The average Bonchev–Trinajstić information content (AvgIpc) is 2.78. The van der Waals surface area contributed by atoms with Crippen LogP contribution in [0.15, 0.2) is 18.3 Å². The molecule has 0 spiro atoms. The Morgan fingerprint density at radius 1 is 1.33 bits per heavy atom. The summed E-state index contributed by atoms with van der Waals surface area (Å²) in [6.07, 6.45) is 2.71. The number of ether oxygens (including phenoxy) is 1. The van der Waals surface area contributed by atoms with E-state index in [0.29, 0.717) is 0 Å². The third kappa shape index (κ3) is 2.10. The minimum absolute atomic E-state index is 0.0265. The van der Waals surface area contributed by atoms with E-state index in [1.54, 1.807) is 16.8 Å². The van der Waals surface area contributed by atoms with Crippen molar-refractivity contribution in [3.05, 3.63) is 34.1 Å². The molecule has 0 aliphatic carbocycles. The maximum absolute atomic E-state index is 11.2. The van der Waals surface area contributed by atoms with E-state index in [9.17, 15) is 10.1 Å². The maximum Gasteiger partial charge on any atom is 0.311 e. The van der Waals surface area contributed by atoms with Crippen LogP contribution in [0.4, 0.5) is 11.4 Å². The van der Waals surface area contributed by atoms with E-state index in [4.69, 9.17) is 4.74 Å². The molecule has 0 fully saturated rings. The summed E-state index contributed by atoms with van der Waals surface area (Å²) < 4.78 is 6.91. The molecule has 0 unspecified atom stereocenters. The molecule has 7 heteroatoms. The lowest BCUT2D eigenvalue weighted by atomic mass is 10.0. The number of nitrogens with zero attached hydrogens (tertiary/aromatic N) is 4. The number of rotatable bonds is 2. The Morgan fingerprint density at radius 3 is 2.76 bits per heavy atom. The highest BCUT2D eigenvalue weighted by Crippen LogP contribution is 2.42. The fourth-order valence-corrected chi connectivity index (χ4v) is 2.73. The van der Waals surface area contributed by atoms with Gasteiger partial charge in [0.15, 0.2) is 5.75 Å². The quantitative estimate of drug-likeness (QED) is 0.624. The van der Waals surface area contributed by atoms with Crippen molar-refractivity contribution < 1.29 is 9.66 Å². The summed E-state index contributed by atoms with van der Waals surface area (Å²) in [6.45, 7) is 0.804. The predicted octanol–water partition coefficient (Wildman–Crippen LogP) is 2.00. The molecule has 1 aromatic heterocycles. The molecule has 0 amide bonds. The van der Waals surface area contributed by atoms with Gasteiger partial charge in [0.1, 0.15) is 0 Å². The molecular weight excluding hydrogens is 272 g/mol. The molecule has 0 N–H and O–H groups in total. The highest BCUT2D eigenvalue weighted by Gasteiger charge is 2.26. The minimum Gasteiger partial charge on any atom is -0.490 e. The van der Waals surface area contributed by atoms with Gasteiger partial charge in [0.2, 0.25) is 0 Å². The molecule has 1 aliphatic rings. The topological polar surface area (TPSA) is 73.4 Å². The Morgan fingerprint density at radius 2 is 2.10 bits per heavy atom. The zero-order chi connectivity index (χ0) is 15.1. The van der Waals surface area contributed by atoms with Crippen LogP contribution in [0.1, 0.15) is 5.69 Å². The third-order valence-electron chi connectivity index (χ3n) is 3.78. The zero-order valence-electron chi connectivity index (χ0n) is 12.2. The van der Waals surface area contributed by atoms with Gasteiger partial charge in [0, 0.05) is 62.2 Å². The van der Waals surface area contributed by atoms with Gasteiger partial charge in [-0.25, -0.2) is 0 Å². The number of benzene rings is 1. The lowest BCUT2D eigenvalue weighted by Crippen LogP contribution is -2.19. The minimum atomic E-state index is -0.417. The van der Waals surface area contributed by atoms with Crippen molar-refractivity contribution in [2.24, 2.45) is 7.05 Å². The number of methoxy groups -OCH3 is 1. The van der Waals surface area contributed by atoms with Crippen molar-refractivity contribution in [2.45, 2.75) is 6.42 Å². The molecule has 2 aromatic rings. The number of aryl methyl sites for hydroxylation is 1. The van der Waals surface area contributed by atoms with Gasteiger partial charge in [0.05, 0.1) is 17.7 Å². The van der Waals surface area contributed by atoms with Crippen LogP contribution in [0.25, 0.3) is 11.1 Å². The van der Waals surface area contributed by atoms with Crippen molar-refractivity contribution in [3.63, 3.8) is 0 Å².